The predicted octanol–water partition coefficient (Wildman–Crippen LogP) is 3.70. The zero-order valence-corrected chi connectivity index (χ0v) is 11.1. The second-order valence-corrected chi connectivity index (χ2v) is 5.74. The Kier molecular flexibility index (Phi) is 5.34. The summed E-state index contributed by atoms with van der Waals surface area (Å²) in [6, 6.07) is 5.58. The zero-order valence-electron chi connectivity index (χ0n) is 10.3. The molecule has 0 saturated heterocycles. The van der Waals surface area contributed by atoms with Crippen LogP contribution in [0.3, 0.4) is 0 Å². The molecule has 0 bridgehead atoms. The van der Waals surface area contributed by atoms with Crippen LogP contribution in [-0.2, 0) is 6.42 Å². The molecule has 86 valence electrons. The lowest BCUT2D eigenvalue weighted by atomic mass is 9.97. The molecule has 0 aromatic carbocycles. The molecule has 1 heterocycles. The Morgan fingerprint density at radius 2 is 2.00 bits per heavy atom. The summed E-state index contributed by atoms with van der Waals surface area (Å²) in [6.45, 7) is 9.05. The van der Waals surface area contributed by atoms with Crippen LogP contribution in [-0.4, -0.2) is 12.1 Å². The first-order valence-electron chi connectivity index (χ1n) is 5.88. The van der Waals surface area contributed by atoms with Gasteiger partial charge in [-0.3, -0.25) is 0 Å². The van der Waals surface area contributed by atoms with Crippen LogP contribution >= 0.6 is 11.3 Å². The number of aryl methyl sites for hydroxylation is 1. The van der Waals surface area contributed by atoms with Gasteiger partial charge in [-0.1, -0.05) is 26.8 Å². The molecule has 1 aromatic rings. The van der Waals surface area contributed by atoms with Crippen LogP contribution in [0.15, 0.2) is 17.5 Å². The number of rotatable bonds is 6. The highest BCUT2D eigenvalue weighted by Gasteiger charge is 2.12. The van der Waals surface area contributed by atoms with Crippen LogP contribution in [0.5, 0.6) is 0 Å². The maximum Gasteiger partial charge on any atom is 0.00668 e. The van der Waals surface area contributed by atoms with Gasteiger partial charge in [-0.2, -0.15) is 0 Å². The SMILES string of the molecule is CC(C)NC(C)C(C)CCc1cccs1. The van der Waals surface area contributed by atoms with Gasteiger partial charge in [0, 0.05) is 17.0 Å². The molecule has 0 aliphatic heterocycles. The molecule has 0 amide bonds. The molecule has 0 spiro atoms. The molecule has 0 radical (unpaired) electrons. The third-order valence-corrected chi connectivity index (χ3v) is 3.81. The Hall–Kier alpha value is -0.340. The van der Waals surface area contributed by atoms with E-state index in [0.717, 1.165) is 5.92 Å². The fourth-order valence-electron chi connectivity index (χ4n) is 1.76. The molecule has 0 saturated carbocycles. The van der Waals surface area contributed by atoms with E-state index in [9.17, 15) is 0 Å². The van der Waals surface area contributed by atoms with Crippen molar-refractivity contribution in [3.63, 3.8) is 0 Å². The number of thiophene rings is 1. The van der Waals surface area contributed by atoms with Crippen LogP contribution in [0.4, 0.5) is 0 Å². The summed E-state index contributed by atoms with van der Waals surface area (Å²) in [5.74, 6) is 0.745. The fourth-order valence-corrected chi connectivity index (χ4v) is 2.49. The molecule has 2 unspecified atom stereocenters. The molecular formula is C13H23NS. The van der Waals surface area contributed by atoms with Crippen molar-refractivity contribution in [2.24, 2.45) is 5.92 Å². The minimum absolute atomic E-state index is 0.587. The summed E-state index contributed by atoms with van der Waals surface area (Å²) in [5, 5.41) is 5.74. The minimum Gasteiger partial charge on any atom is -0.312 e. The molecule has 1 rings (SSSR count). The van der Waals surface area contributed by atoms with E-state index in [1.54, 1.807) is 0 Å². The Balaban J connectivity index is 2.26. The maximum atomic E-state index is 3.58. The van der Waals surface area contributed by atoms with Crippen molar-refractivity contribution in [3.8, 4) is 0 Å². The molecule has 0 fully saturated rings. The highest BCUT2D eigenvalue weighted by molar-refractivity contribution is 7.09. The van der Waals surface area contributed by atoms with E-state index >= 15 is 0 Å². The van der Waals surface area contributed by atoms with Crippen LogP contribution in [0, 0.1) is 5.92 Å². The largest absolute Gasteiger partial charge is 0.312 e. The van der Waals surface area contributed by atoms with Gasteiger partial charge in [0.1, 0.15) is 0 Å². The molecule has 0 aliphatic rings. The van der Waals surface area contributed by atoms with Crippen molar-refractivity contribution in [2.45, 2.75) is 52.6 Å². The molecule has 1 nitrogen and oxygen atoms in total. The number of nitrogens with one attached hydrogen (secondary N) is 1. The minimum atomic E-state index is 0.587. The lowest BCUT2D eigenvalue weighted by molar-refractivity contribution is 0.357. The Morgan fingerprint density at radius 1 is 1.27 bits per heavy atom. The van der Waals surface area contributed by atoms with Gasteiger partial charge in [-0.15, -0.1) is 11.3 Å². The van der Waals surface area contributed by atoms with Gasteiger partial charge in [-0.25, -0.2) is 0 Å². The normalized spacial score (nSPS) is 15.5. The highest BCUT2D eigenvalue weighted by Crippen LogP contribution is 2.16. The van der Waals surface area contributed by atoms with Crippen molar-refractivity contribution < 1.29 is 0 Å². The van der Waals surface area contributed by atoms with Crippen molar-refractivity contribution in [1.82, 2.24) is 5.32 Å². The molecule has 1 aromatic heterocycles. The molecular weight excluding hydrogens is 202 g/mol. The third kappa shape index (κ3) is 4.80. The zero-order chi connectivity index (χ0) is 11.3. The summed E-state index contributed by atoms with van der Waals surface area (Å²) >= 11 is 1.87. The van der Waals surface area contributed by atoms with E-state index in [1.165, 1.54) is 17.7 Å². The average Bonchev–Trinajstić information content (AvgIpc) is 2.65. The van der Waals surface area contributed by atoms with E-state index in [4.69, 9.17) is 0 Å². The molecule has 1 N–H and O–H groups in total. The van der Waals surface area contributed by atoms with E-state index < -0.39 is 0 Å². The highest BCUT2D eigenvalue weighted by atomic mass is 32.1. The van der Waals surface area contributed by atoms with Gasteiger partial charge >= 0.3 is 0 Å². The molecule has 2 heteroatoms. The maximum absolute atomic E-state index is 3.58. The monoisotopic (exact) mass is 225 g/mol. The first-order valence-corrected chi connectivity index (χ1v) is 6.76. The van der Waals surface area contributed by atoms with Gasteiger partial charge in [0.15, 0.2) is 0 Å². The van der Waals surface area contributed by atoms with Gasteiger partial charge in [0.25, 0.3) is 0 Å². The smallest absolute Gasteiger partial charge is 0.00668 e. The Morgan fingerprint density at radius 3 is 2.53 bits per heavy atom. The van der Waals surface area contributed by atoms with Gasteiger partial charge < -0.3 is 5.32 Å². The summed E-state index contributed by atoms with van der Waals surface area (Å²) in [5.41, 5.74) is 0. The van der Waals surface area contributed by atoms with Crippen molar-refractivity contribution in [3.05, 3.63) is 22.4 Å². The Bertz CT molecular complexity index is 254. The second kappa shape index (κ2) is 6.29. The average molecular weight is 225 g/mol. The lowest BCUT2D eigenvalue weighted by Crippen LogP contribution is -2.37. The second-order valence-electron chi connectivity index (χ2n) is 4.71. The van der Waals surface area contributed by atoms with Gasteiger partial charge in [-0.05, 0) is 37.1 Å². The van der Waals surface area contributed by atoms with E-state index in [1.807, 2.05) is 11.3 Å². The van der Waals surface area contributed by atoms with Gasteiger partial charge in [0.05, 0.1) is 0 Å². The van der Waals surface area contributed by atoms with Crippen LogP contribution < -0.4 is 5.32 Å². The van der Waals surface area contributed by atoms with E-state index in [2.05, 4.69) is 50.5 Å². The standard InChI is InChI=1S/C13H23NS/c1-10(2)14-12(4)11(3)7-8-13-6-5-9-15-13/h5-6,9-12,14H,7-8H2,1-4H3. The predicted molar refractivity (Wildman–Crippen MR) is 69.5 cm³/mol. The topological polar surface area (TPSA) is 12.0 Å². The van der Waals surface area contributed by atoms with Crippen molar-refractivity contribution >= 4 is 11.3 Å². The summed E-state index contributed by atoms with van der Waals surface area (Å²) < 4.78 is 0. The summed E-state index contributed by atoms with van der Waals surface area (Å²) in [6.07, 6.45) is 2.50. The van der Waals surface area contributed by atoms with Crippen molar-refractivity contribution in [2.75, 3.05) is 0 Å². The first-order chi connectivity index (χ1) is 7.09. The summed E-state index contributed by atoms with van der Waals surface area (Å²) in [7, 11) is 0. The fraction of sp³-hybridized carbons (Fsp3) is 0.692. The third-order valence-electron chi connectivity index (χ3n) is 2.88. The number of hydrogen-bond acceptors (Lipinski definition) is 2. The quantitative estimate of drug-likeness (QED) is 0.778. The van der Waals surface area contributed by atoms with Crippen LogP contribution in [0.25, 0.3) is 0 Å². The molecule has 2 atom stereocenters. The van der Waals surface area contributed by atoms with Gasteiger partial charge in [0.2, 0.25) is 0 Å². The molecule has 0 aliphatic carbocycles. The van der Waals surface area contributed by atoms with Crippen LogP contribution in [0.2, 0.25) is 0 Å². The molecule has 15 heavy (non-hydrogen) atoms. The Labute approximate surface area is 97.9 Å². The first kappa shape index (κ1) is 12.7. The van der Waals surface area contributed by atoms with E-state index in [-0.39, 0.29) is 0 Å². The lowest BCUT2D eigenvalue weighted by Gasteiger charge is -2.23. The number of hydrogen-bond donors (Lipinski definition) is 1. The van der Waals surface area contributed by atoms with E-state index in [0.29, 0.717) is 12.1 Å². The van der Waals surface area contributed by atoms with Crippen LogP contribution in [0.1, 0.15) is 39.0 Å². The summed E-state index contributed by atoms with van der Waals surface area (Å²) in [4.78, 5) is 1.51. The van der Waals surface area contributed by atoms with Crippen molar-refractivity contribution in [1.29, 1.82) is 0 Å².